The van der Waals surface area contributed by atoms with Crippen LogP contribution in [0.5, 0.6) is 0 Å². The number of halogens is 3. The molecule has 5 aromatic carbocycles. The van der Waals surface area contributed by atoms with Crippen molar-refractivity contribution in [2.24, 2.45) is 0 Å². The van der Waals surface area contributed by atoms with Crippen LogP contribution in [0.15, 0.2) is 115 Å². The highest BCUT2D eigenvalue weighted by Crippen LogP contribution is 2.30. The first kappa shape index (κ1) is 32.8. The fraction of sp³-hybridized carbons (Fsp3) is 0.108. The maximum Gasteiger partial charge on any atom is 0.326 e. The van der Waals surface area contributed by atoms with Gasteiger partial charge in [0, 0.05) is 27.1 Å². The molecule has 0 radical (unpaired) electrons. The van der Waals surface area contributed by atoms with E-state index < -0.39 is 23.8 Å². The zero-order valence-corrected chi connectivity index (χ0v) is 27.0. The molecule has 2 amide bonds. The van der Waals surface area contributed by atoms with E-state index in [0.29, 0.717) is 0 Å². The van der Waals surface area contributed by atoms with E-state index in [0.717, 1.165) is 27.8 Å². The minimum atomic E-state index is -1.25. The lowest BCUT2D eigenvalue weighted by Gasteiger charge is -2.26. The largest absolute Gasteiger partial charge is 0.480 e. The lowest BCUT2D eigenvalue weighted by Crippen LogP contribution is -2.43. The van der Waals surface area contributed by atoms with Crippen molar-refractivity contribution in [1.82, 2.24) is 5.32 Å². The Hall–Kier alpha value is -4.62. The van der Waals surface area contributed by atoms with Crippen molar-refractivity contribution in [1.29, 1.82) is 0 Å². The van der Waals surface area contributed by atoms with Crippen LogP contribution in [0.2, 0.25) is 15.1 Å². The van der Waals surface area contributed by atoms with Gasteiger partial charge < -0.3 is 15.3 Å². The molecule has 2 N–H and O–H groups in total. The molecule has 0 aliphatic carbocycles. The molecule has 5 rings (SSSR count). The maximum absolute atomic E-state index is 14.0. The Morgan fingerprint density at radius 3 is 1.96 bits per heavy atom. The molecule has 0 fully saturated rings. The summed E-state index contributed by atoms with van der Waals surface area (Å²) in [6.07, 6.45) is 0.0407. The van der Waals surface area contributed by atoms with Gasteiger partial charge in [0.1, 0.15) is 6.04 Å². The summed E-state index contributed by atoms with van der Waals surface area (Å²) < 4.78 is 0. The second kappa shape index (κ2) is 14.6. The van der Waals surface area contributed by atoms with Crippen molar-refractivity contribution < 1.29 is 19.5 Å². The molecule has 0 aliphatic heterocycles. The van der Waals surface area contributed by atoms with E-state index in [9.17, 15) is 19.5 Å². The van der Waals surface area contributed by atoms with E-state index in [1.165, 1.54) is 29.2 Å². The third-order valence-electron chi connectivity index (χ3n) is 7.41. The quantitative estimate of drug-likeness (QED) is 0.155. The molecule has 6 nitrogen and oxygen atoms in total. The fourth-order valence-corrected chi connectivity index (χ4v) is 5.73. The van der Waals surface area contributed by atoms with Crippen molar-refractivity contribution in [3.05, 3.63) is 158 Å². The second-order valence-electron chi connectivity index (χ2n) is 10.8. The van der Waals surface area contributed by atoms with Gasteiger partial charge in [-0.3, -0.25) is 9.59 Å². The summed E-state index contributed by atoms with van der Waals surface area (Å²) in [5, 5.41) is 13.5. The highest BCUT2D eigenvalue weighted by Gasteiger charge is 2.27. The van der Waals surface area contributed by atoms with Gasteiger partial charge in [-0.2, -0.15) is 0 Å². The van der Waals surface area contributed by atoms with Gasteiger partial charge in [-0.25, -0.2) is 4.79 Å². The number of carbonyl (C=O) groups is 3. The molecule has 46 heavy (non-hydrogen) atoms. The number of rotatable bonds is 10. The van der Waals surface area contributed by atoms with E-state index >= 15 is 0 Å². The fourth-order valence-electron chi connectivity index (χ4n) is 5.04. The van der Waals surface area contributed by atoms with Crippen LogP contribution in [0.25, 0.3) is 11.1 Å². The molecule has 0 saturated carbocycles. The van der Waals surface area contributed by atoms with Crippen molar-refractivity contribution in [2.75, 3.05) is 4.90 Å². The zero-order chi connectivity index (χ0) is 32.8. The van der Waals surface area contributed by atoms with Crippen LogP contribution in [0.4, 0.5) is 5.69 Å². The van der Waals surface area contributed by atoms with Gasteiger partial charge in [0.15, 0.2) is 0 Å². The topological polar surface area (TPSA) is 86.7 Å². The van der Waals surface area contributed by atoms with Crippen molar-refractivity contribution in [3.8, 4) is 11.1 Å². The number of carboxylic acids is 1. The number of carbonyl (C=O) groups excluding carboxylic acids is 2. The second-order valence-corrected chi connectivity index (χ2v) is 12.1. The number of anilines is 1. The summed E-state index contributed by atoms with van der Waals surface area (Å²) in [4.78, 5) is 41.6. The summed E-state index contributed by atoms with van der Waals surface area (Å²) in [6, 6.07) is 32.8. The van der Waals surface area contributed by atoms with Crippen LogP contribution in [-0.4, -0.2) is 28.9 Å². The van der Waals surface area contributed by atoms with Gasteiger partial charge in [0.2, 0.25) is 0 Å². The molecule has 9 heteroatoms. The van der Waals surface area contributed by atoms with Crippen LogP contribution in [0.1, 0.15) is 37.4 Å². The Labute approximate surface area is 282 Å². The third-order valence-corrected chi connectivity index (χ3v) is 8.09. The first-order chi connectivity index (χ1) is 22.1. The molecule has 1 atom stereocenters. The van der Waals surface area contributed by atoms with Gasteiger partial charge in [-0.1, -0.05) is 119 Å². The van der Waals surface area contributed by atoms with Gasteiger partial charge in [-0.05, 0) is 65.6 Å². The normalized spacial score (nSPS) is 11.5. The van der Waals surface area contributed by atoms with E-state index in [4.69, 9.17) is 34.8 Å². The van der Waals surface area contributed by atoms with Crippen molar-refractivity contribution >= 4 is 58.3 Å². The molecule has 1 unspecified atom stereocenters. The molecular formula is C37H29Cl3N2O4. The van der Waals surface area contributed by atoms with Gasteiger partial charge >= 0.3 is 5.97 Å². The summed E-state index contributed by atoms with van der Waals surface area (Å²) in [7, 11) is 0. The number of aryl methyl sites for hydroxylation is 1. The number of hydrogen-bond donors (Lipinski definition) is 2. The van der Waals surface area contributed by atoms with Crippen LogP contribution >= 0.6 is 34.8 Å². The molecule has 0 bridgehead atoms. The van der Waals surface area contributed by atoms with E-state index in [-0.39, 0.29) is 44.8 Å². The third kappa shape index (κ3) is 8.15. The minimum absolute atomic E-state index is 0.0340. The van der Waals surface area contributed by atoms with Gasteiger partial charge in [0.25, 0.3) is 11.8 Å². The maximum atomic E-state index is 14.0. The highest BCUT2D eigenvalue weighted by molar-refractivity contribution is 6.35. The average Bonchev–Trinajstić information content (AvgIpc) is 3.04. The first-order valence-electron chi connectivity index (χ1n) is 14.4. The summed E-state index contributed by atoms with van der Waals surface area (Å²) in [6.45, 7) is 2.06. The molecule has 0 spiro atoms. The van der Waals surface area contributed by atoms with Crippen molar-refractivity contribution in [3.63, 3.8) is 0 Å². The molecule has 232 valence electrons. The Bertz CT molecular complexity index is 1860. The summed E-state index contributed by atoms with van der Waals surface area (Å²) in [5.41, 5.74) is 5.09. The minimum Gasteiger partial charge on any atom is -0.480 e. The smallest absolute Gasteiger partial charge is 0.326 e. The predicted octanol–water partition coefficient (Wildman–Crippen LogP) is 8.89. The van der Waals surface area contributed by atoms with Crippen LogP contribution in [0.3, 0.4) is 0 Å². The van der Waals surface area contributed by atoms with Gasteiger partial charge in [0.05, 0.1) is 17.8 Å². The summed E-state index contributed by atoms with van der Waals surface area (Å²) >= 11 is 18.8. The molecule has 0 saturated heterocycles. The first-order valence-corrected chi connectivity index (χ1v) is 15.5. The van der Waals surface area contributed by atoms with Gasteiger partial charge in [-0.15, -0.1) is 0 Å². The van der Waals surface area contributed by atoms with Crippen LogP contribution in [-0.2, 0) is 17.8 Å². The lowest BCUT2D eigenvalue weighted by molar-refractivity contribution is -0.139. The Morgan fingerprint density at radius 1 is 0.717 bits per heavy atom. The molecule has 0 aliphatic rings. The van der Waals surface area contributed by atoms with E-state index in [1.807, 2.05) is 85.8 Å². The molecule has 5 aromatic rings. The Kier molecular flexibility index (Phi) is 10.4. The number of aliphatic carboxylic acids is 1. The lowest BCUT2D eigenvalue weighted by atomic mass is 10.0. The average molecular weight is 672 g/mol. The van der Waals surface area contributed by atoms with Crippen LogP contribution < -0.4 is 10.2 Å². The van der Waals surface area contributed by atoms with Crippen LogP contribution in [0, 0.1) is 6.92 Å². The van der Waals surface area contributed by atoms with Crippen molar-refractivity contribution in [2.45, 2.75) is 25.9 Å². The van der Waals surface area contributed by atoms with E-state index in [2.05, 4.69) is 5.32 Å². The Balaban J connectivity index is 1.46. The number of nitrogens with zero attached hydrogens (tertiary/aromatic N) is 1. The molecule has 0 aromatic heterocycles. The molecular weight excluding hydrogens is 643 g/mol. The number of hydrogen-bond acceptors (Lipinski definition) is 3. The molecule has 0 heterocycles. The Morgan fingerprint density at radius 2 is 1.33 bits per heavy atom. The zero-order valence-electron chi connectivity index (χ0n) is 24.7. The highest BCUT2D eigenvalue weighted by atomic mass is 35.5. The number of benzene rings is 5. The monoisotopic (exact) mass is 670 g/mol. The summed E-state index contributed by atoms with van der Waals surface area (Å²) in [5.74, 6) is -2.36. The standard InChI is InChI=1S/C37H29Cl3N2O4/c1-23-7-9-25(10-8-23)22-42(36(44)28-18-30(39)20-31(40)19-28)34-16-15-29(38)21-32(34)35(43)41-33(37(45)46)17-24-11-13-27(14-12-24)26-5-3-2-4-6-26/h2-16,18-21,33H,17,22H2,1H3,(H,41,43)(H,45,46). The number of nitrogens with one attached hydrogen (secondary N) is 1. The number of carboxylic acid groups (broad SMARTS) is 1. The number of amides is 2. The predicted molar refractivity (Wildman–Crippen MR) is 184 cm³/mol. The SMILES string of the molecule is Cc1ccc(CN(C(=O)c2cc(Cl)cc(Cl)c2)c2ccc(Cl)cc2C(=O)NC(Cc2ccc(-c3ccccc3)cc2)C(=O)O)cc1. The van der Waals surface area contributed by atoms with E-state index in [1.54, 1.807) is 12.1 Å².